The summed E-state index contributed by atoms with van der Waals surface area (Å²) in [5, 5.41) is 15.7. The van der Waals surface area contributed by atoms with Gasteiger partial charge in [-0.05, 0) is 60.8 Å². The van der Waals surface area contributed by atoms with E-state index in [-0.39, 0.29) is 47.9 Å². The number of hydrogen-bond donors (Lipinski definition) is 1. The van der Waals surface area contributed by atoms with Crippen molar-refractivity contribution in [1.82, 2.24) is 4.98 Å². The van der Waals surface area contributed by atoms with Gasteiger partial charge in [-0.1, -0.05) is 130 Å². The van der Waals surface area contributed by atoms with Gasteiger partial charge in [0.15, 0.2) is 5.78 Å². The third kappa shape index (κ3) is 7.92. The molecule has 0 spiro atoms. The van der Waals surface area contributed by atoms with E-state index in [1.165, 1.54) is 22.6 Å². The van der Waals surface area contributed by atoms with Crippen LogP contribution in [-0.2, 0) is 30.3 Å². The van der Waals surface area contributed by atoms with Crippen LogP contribution in [0.5, 0.6) is 0 Å². The number of ketones is 1. The molecule has 1 N–H and O–H groups in total. The number of carbonyl (C=O) groups excluding carboxylic acids is 1. The Labute approximate surface area is 324 Å². The van der Waals surface area contributed by atoms with Gasteiger partial charge in [0.2, 0.25) is 0 Å². The first-order valence-electron chi connectivity index (χ1n) is 18.8. The van der Waals surface area contributed by atoms with Gasteiger partial charge in [0, 0.05) is 58.9 Å². The van der Waals surface area contributed by atoms with E-state index in [0.29, 0.717) is 5.92 Å². The number of aliphatic hydroxyl groups is 1. The topological polar surface area (TPSA) is 63.3 Å². The molecule has 0 aliphatic rings. The maximum Gasteiger partial charge on any atom is 0.164 e. The molecule has 0 bridgehead atoms. The van der Waals surface area contributed by atoms with Gasteiger partial charge in [-0.25, -0.2) is 0 Å². The zero-order valence-electron chi connectivity index (χ0n) is 33.0. The maximum absolute atomic E-state index is 12.2. The zero-order valence-corrected chi connectivity index (χ0v) is 35.4. The van der Waals surface area contributed by atoms with Gasteiger partial charge in [-0.15, -0.1) is 29.1 Å². The molecule has 0 aliphatic carbocycles. The standard InChI is InChI=1S/C32H28NO.C15H28O2.Ir/c1-19(2)20-14-15-27-25(17-20)31-29(24-12-8-9-13-28(24)34-31)30(33-27)22-16-21-10-6-7-11-23(21)26(18-22)32(3,4)5;1-7-14(5,8-2)12(16)11-13(17)15(6,9-3)10-4;/h6-15,17-19H,1-5H3;11,16H,7-10H2,1-6H3;/q-1;;/b;12-11-;. The number of benzene rings is 4. The monoisotopic (exact) mass is 875 g/mol. The van der Waals surface area contributed by atoms with E-state index in [1.54, 1.807) is 0 Å². The van der Waals surface area contributed by atoms with Crippen LogP contribution in [0.3, 0.4) is 0 Å². The summed E-state index contributed by atoms with van der Waals surface area (Å²) in [6.07, 6.45) is 4.75. The Morgan fingerprint density at radius 2 is 1.40 bits per heavy atom. The Morgan fingerprint density at radius 3 is 2.00 bits per heavy atom. The molecule has 277 valence electrons. The summed E-state index contributed by atoms with van der Waals surface area (Å²) >= 11 is 0. The largest absolute Gasteiger partial charge is 0.512 e. The van der Waals surface area contributed by atoms with E-state index in [2.05, 4.69) is 101 Å². The fraction of sp³-hybridized carbons (Fsp3) is 0.404. The van der Waals surface area contributed by atoms with Crippen LogP contribution in [0.15, 0.2) is 89.0 Å². The van der Waals surface area contributed by atoms with Gasteiger partial charge in [0.1, 0.15) is 16.9 Å². The third-order valence-corrected chi connectivity index (χ3v) is 11.4. The molecule has 2 heterocycles. The Bertz CT molecular complexity index is 2230. The minimum Gasteiger partial charge on any atom is -0.512 e. The van der Waals surface area contributed by atoms with Crippen LogP contribution in [-0.4, -0.2) is 15.9 Å². The van der Waals surface area contributed by atoms with Crippen molar-refractivity contribution in [1.29, 1.82) is 0 Å². The van der Waals surface area contributed by atoms with Crippen LogP contribution in [0.2, 0.25) is 0 Å². The van der Waals surface area contributed by atoms with Gasteiger partial charge in [-0.2, -0.15) is 0 Å². The molecule has 52 heavy (non-hydrogen) atoms. The summed E-state index contributed by atoms with van der Waals surface area (Å²) in [6, 6.07) is 29.3. The molecule has 5 heteroatoms. The molecule has 4 nitrogen and oxygen atoms in total. The second kappa shape index (κ2) is 16.1. The number of aromatic nitrogens is 1. The molecule has 0 fully saturated rings. The summed E-state index contributed by atoms with van der Waals surface area (Å²) in [6.45, 7) is 23.3. The second-order valence-electron chi connectivity index (χ2n) is 16.0. The number of allylic oxidation sites excluding steroid dienone is 2. The molecule has 6 rings (SSSR count). The van der Waals surface area contributed by atoms with Crippen molar-refractivity contribution in [2.75, 3.05) is 0 Å². The number of pyridine rings is 1. The van der Waals surface area contributed by atoms with Crippen molar-refractivity contribution in [3.63, 3.8) is 0 Å². The Morgan fingerprint density at radius 1 is 0.808 bits per heavy atom. The second-order valence-corrected chi connectivity index (χ2v) is 16.0. The van der Waals surface area contributed by atoms with Crippen molar-refractivity contribution >= 4 is 49.4 Å². The fourth-order valence-corrected chi connectivity index (χ4v) is 6.70. The average molecular weight is 875 g/mol. The number of furan rings is 1. The number of fused-ring (bicyclic) bond motifs is 6. The molecule has 0 saturated heterocycles. The smallest absolute Gasteiger partial charge is 0.164 e. The van der Waals surface area contributed by atoms with Gasteiger partial charge < -0.3 is 9.52 Å². The molecular weight excluding hydrogens is 819 g/mol. The van der Waals surface area contributed by atoms with Crippen LogP contribution in [0.4, 0.5) is 0 Å². The molecule has 4 aromatic carbocycles. The van der Waals surface area contributed by atoms with E-state index in [4.69, 9.17) is 9.40 Å². The number of hydrogen-bond acceptors (Lipinski definition) is 4. The van der Waals surface area contributed by atoms with Crippen molar-refractivity contribution in [3.05, 3.63) is 102 Å². The summed E-state index contributed by atoms with van der Waals surface area (Å²) < 4.78 is 6.49. The van der Waals surface area contributed by atoms with Crippen molar-refractivity contribution in [2.45, 2.75) is 113 Å². The van der Waals surface area contributed by atoms with Crippen LogP contribution in [0.1, 0.15) is 119 Å². The molecule has 0 unspecified atom stereocenters. The van der Waals surface area contributed by atoms with Crippen LogP contribution in [0, 0.1) is 16.9 Å². The van der Waals surface area contributed by atoms with Gasteiger partial charge in [-0.3, -0.25) is 9.78 Å². The van der Waals surface area contributed by atoms with Gasteiger partial charge >= 0.3 is 0 Å². The fourth-order valence-electron chi connectivity index (χ4n) is 6.70. The number of rotatable bonds is 9. The number of aliphatic hydroxyl groups excluding tert-OH is 1. The van der Waals surface area contributed by atoms with E-state index < -0.39 is 0 Å². The maximum atomic E-state index is 12.2. The van der Waals surface area contributed by atoms with Gasteiger partial charge in [0.05, 0.1) is 5.52 Å². The summed E-state index contributed by atoms with van der Waals surface area (Å²) in [4.78, 5) is 17.4. The predicted octanol–water partition coefficient (Wildman–Crippen LogP) is 13.8. The molecule has 0 amide bonds. The summed E-state index contributed by atoms with van der Waals surface area (Å²) in [5.74, 6) is 0.723. The van der Waals surface area contributed by atoms with Crippen LogP contribution >= 0.6 is 0 Å². The Kier molecular flexibility index (Phi) is 12.7. The van der Waals surface area contributed by atoms with Crippen LogP contribution in [0.25, 0.3) is 54.9 Å². The van der Waals surface area contributed by atoms with Crippen molar-refractivity contribution in [3.8, 4) is 11.3 Å². The van der Waals surface area contributed by atoms with E-state index >= 15 is 0 Å². The van der Waals surface area contributed by atoms with Crippen molar-refractivity contribution < 1.29 is 34.4 Å². The molecule has 2 aromatic heterocycles. The molecule has 0 aliphatic heterocycles. The number of carbonyl (C=O) groups is 1. The summed E-state index contributed by atoms with van der Waals surface area (Å²) in [7, 11) is 0. The number of nitrogens with zero attached hydrogens (tertiary/aromatic N) is 1. The summed E-state index contributed by atoms with van der Waals surface area (Å²) in [5.41, 5.74) is 6.66. The SMILES string of the molecule is CC(C)c1ccc2nc(-c3[c-]c4ccccc4c(C(C)(C)C)c3)c3c4ccccc4oc3c2c1.CCC(C)(CC)C(=O)/C=C(\O)C(C)(CC)CC.[Ir]. The minimum atomic E-state index is -0.337. The van der Waals surface area contributed by atoms with E-state index in [0.717, 1.165) is 75.2 Å². The average Bonchev–Trinajstić information content (AvgIpc) is 3.53. The van der Waals surface area contributed by atoms with E-state index in [1.807, 2.05) is 53.7 Å². The van der Waals surface area contributed by atoms with E-state index in [9.17, 15) is 9.90 Å². The van der Waals surface area contributed by atoms with Gasteiger partial charge in [0.25, 0.3) is 0 Å². The predicted molar refractivity (Wildman–Crippen MR) is 217 cm³/mol. The minimum absolute atomic E-state index is 0. The quantitative estimate of drug-likeness (QED) is 0.0893. The molecule has 1 radical (unpaired) electrons. The Hall–Kier alpha value is -3.79. The zero-order chi connectivity index (χ0) is 37.3. The molecule has 0 atom stereocenters. The normalized spacial score (nSPS) is 12.7. The third-order valence-electron chi connectivity index (χ3n) is 11.4. The first-order valence-corrected chi connectivity index (χ1v) is 18.8. The van der Waals surface area contributed by atoms with Crippen molar-refractivity contribution in [2.24, 2.45) is 10.8 Å². The molecule has 6 aromatic rings. The molecular formula is C47H56IrNO3-. The van der Waals surface area contributed by atoms with Crippen LogP contribution < -0.4 is 0 Å². The Balaban J connectivity index is 0.000000289. The molecule has 0 saturated carbocycles. The first-order chi connectivity index (χ1) is 24.1. The first kappa shape index (κ1) is 41.0. The number of para-hydroxylation sites is 1.